The van der Waals surface area contributed by atoms with Crippen LogP contribution in [0.25, 0.3) is 0 Å². The van der Waals surface area contributed by atoms with Crippen molar-refractivity contribution in [3.8, 4) is 0 Å². The van der Waals surface area contributed by atoms with E-state index in [0.29, 0.717) is 6.54 Å². The molecule has 0 aliphatic heterocycles. The molecule has 0 aliphatic rings. The van der Waals surface area contributed by atoms with Crippen molar-refractivity contribution in [3.63, 3.8) is 0 Å². The lowest BCUT2D eigenvalue weighted by atomic mass is 10.1. The van der Waals surface area contributed by atoms with Crippen LogP contribution in [0.15, 0.2) is 54.6 Å². The molecule has 2 rings (SSSR count). The Morgan fingerprint density at radius 3 is 2.28 bits per heavy atom. The number of rotatable bonds is 4. The van der Waals surface area contributed by atoms with Crippen molar-refractivity contribution < 1.29 is 4.39 Å². The molecular weight excluding hydrogens is 249 g/mol. The lowest BCUT2D eigenvalue weighted by molar-refractivity contribution is 0.626. The Balaban J connectivity index is 2.03. The fourth-order valence-electron chi connectivity index (χ4n) is 1.81. The molecule has 1 unspecified atom stereocenters. The number of anilines is 1. The van der Waals surface area contributed by atoms with Gasteiger partial charge in [-0.1, -0.05) is 30.3 Å². The highest BCUT2D eigenvalue weighted by molar-refractivity contribution is 6.21. The van der Waals surface area contributed by atoms with Crippen LogP contribution in [0.5, 0.6) is 0 Å². The lowest BCUT2D eigenvalue weighted by Crippen LogP contribution is -2.21. The van der Waals surface area contributed by atoms with Crippen LogP contribution >= 0.6 is 11.6 Å². The predicted octanol–water partition coefficient (Wildman–Crippen LogP) is 4.24. The van der Waals surface area contributed by atoms with E-state index in [-0.39, 0.29) is 11.2 Å². The van der Waals surface area contributed by atoms with Crippen LogP contribution in [0.4, 0.5) is 10.1 Å². The van der Waals surface area contributed by atoms with Gasteiger partial charge in [0.1, 0.15) is 5.82 Å². The standard InChI is InChI=1S/C15H15ClFN/c1-18(14-5-3-2-4-6-14)11-15(16)12-7-9-13(17)10-8-12/h2-10,15H,11H2,1H3. The summed E-state index contributed by atoms with van der Waals surface area (Å²) in [5.74, 6) is -0.237. The number of alkyl halides is 1. The minimum Gasteiger partial charge on any atom is -0.373 e. The Hall–Kier alpha value is -1.54. The zero-order valence-corrected chi connectivity index (χ0v) is 10.9. The molecule has 0 spiro atoms. The van der Waals surface area contributed by atoms with Crippen LogP contribution in [0.2, 0.25) is 0 Å². The Kier molecular flexibility index (Phi) is 4.21. The topological polar surface area (TPSA) is 3.24 Å². The van der Waals surface area contributed by atoms with Crippen LogP contribution < -0.4 is 4.90 Å². The molecule has 0 radical (unpaired) electrons. The average molecular weight is 264 g/mol. The first-order valence-electron chi connectivity index (χ1n) is 5.82. The van der Waals surface area contributed by atoms with Gasteiger partial charge in [0, 0.05) is 19.3 Å². The van der Waals surface area contributed by atoms with Crippen molar-refractivity contribution in [2.75, 3.05) is 18.5 Å². The van der Waals surface area contributed by atoms with Crippen molar-refractivity contribution in [2.45, 2.75) is 5.38 Å². The number of halogens is 2. The molecule has 0 amide bonds. The molecule has 0 bridgehead atoms. The molecule has 1 atom stereocenters. The molecule has 18 heavy (non-hydrogen) atoms. The van der Waals surface area contributed by atoms with Crippen molar-refractivity contribution in [1.82, 2.24) is 0 Å². The molecule has 0 heterocycles. The van der Waals surface area contributed by atoms with Crippen LogP contribution in [0, 0.1) is 5.82 Å². The van der Waals surface area contributed by atoms with Crippen molar-refractivity contribution in [3.05, 3.63) is 66.0 Å². The minimum atomic E-state index is -0.237. The largest absolute Gasteiger partial charge is 0.373 e. The molecule has 2 aromatic carbocycles. The van der Waals surface area contributed by atoms with Gasteiger partial charge in [0.2, 0.25) is 0 Å². The van der Waals surface area contributed by atoms with E-state index in [1.54, 1.807) is 12.1 Å². The highest BCUT2D eigenvalue weighted by Crippen LogP contribution is 2.23. The molecule has 1 nitrogen and oxygen atoms in total. The first-order chi connectivity index (χ1) is 8.66. The predicted molar refractivity (Wildman–Crippen MR) is 74.7 cm³/mol. The Morgan fingerprint density at radius 1 is 1.06 bits per heavy atom. The maximum atomic E-state index is 12.8. The van der Waals surface area contributed by atoms with Crippen molar-refractivity contribution >= 4 is 17.3 Å². The third kappa shape index (κ3) is 3.23. The summed E-state index contributed by atoms with van der Waals surface area (Å²) in [5.41, 5.74) is 2.05. The molecule has 0 saturated heterocycles. The first kappa shape index (κ1) is 12.9. The monoisotopic (exact) mass is 263 g/mol. The van der Waals surface area contributed by atoms with Gasteiger partial charge in [0.25, 0.3) is 0 Å². The third-order valence-electron chi connectivity index (χ3n) is 2.86. The second-order valence-electron chi connectivity index (χ2n) is 4.24. The number of benzene rings is 2. The van der Waals surface area contributed by atoms with Crippen LogP contribution in [-0.4, -0.2) is 13.6 Å². The van der Waals surface area contributed by atoms with Crippen molar-refractivity contribution in [1.29, 1.82) is 0 Å². The second kappa shape index (κ2) is 5.87. The van der Waals surface area contributed by atoms with Gasteiger partial charge in [-0.25, -0.2) is 4.39 Å². The number of nitrogens with zero attached hydrogens (tertiary/aromatic N) is 1. The van der Waals surface area contributed by atoms with E-state index >= 15 is 0 Å². The highest BCUT2D eigenvalue weighted by Gasteiger charge is 2.11. The van der Waals surface area contributed by atoms with E-state index in [2.05, 4.69) is 4.90 Å². The Labute approximate surface area is 112 Å². The number of para-hydroxylation sites is 1. The quantitative estimate of drug-likeness (QED) is 0.746. The van der Waals surface area contributed by atoms with Gasteiger partial charge < -0.3 is 4.90 Å². The molecule has 0 saturated carbocycles. The van der Waals surface area contributed by atoms with E-state index in [1.807, 2.05) is 37.4 Å². The van der Waals surface area contributed by atoms with E-state index < -0.39 is 0 Å². The summed E-state index contributed by atoms with van der Waals surface area (Å²) in [4.78, 5) is 2.08. The van der Waals surface area contributed by atoms with Crippen LogP contribution in [0.1, 0.15) is 10.9 Å². The first-order valence-corrected chi connectivity index (χ1v) is 6.26. The summed E-state index contributed by atoms with van der Waals surface area (Å²) in [7, 11) is 1.99. The average Bonchev–Trinajstić information content (AvgIpc) is 2.40. The normalized spacial score (nSPS) is 12.2. The maximum Gasteiger partial charge on any atom is 0.123 e. The molecule has 0 aliphatic carbocycles. The molecule has 0 fully saturated rings. The van der Waals surface area contributed by atoms with Gasteiger partial charge in [-0.05, 0) is 29.8 Å². The minimum absolute atomic E-state index is 0.157. The number of hydrogen-bond donors (Lipinski definition) is 0. The summed E-state index contributed by atoms with van der Waals surface area (Å²) >= 11 is 6.34. The SMILES string of the molecule is CN(CC(Cl)c1ccc(F)cc1)c1ccccc1. The lowest BCUT2D eigenvalue weighted by Gasteiger charge is -2.22. The van der Waals surface area contributed by atoms with Gasteiger partial charge >= 0.3 is 0 Å². The zero-order chi connectivity index (χ0) is 13.0. The molecule has 0 N–H and O–H groups in total. The third-order valence-corrected chi connectivity index (χ3v) is 3.25. The van der Waals surface area contributed by atoms with Gasteiger partial charge in [-0.2, -0.15) is 0 Å². The van der Waals surface area contributed by atoms with Crippen LogP contribution in [-0.2, 0) is 0 Å². The zero-order valence-electron chi connectivity index (χ0n) is 10.2. The van der Waals surface area contributed by atoms with Gasteiger partial charge in [0.05, 0.1) is 5.38 Å². The smallest absolute Gasteiger partial charge is 0.123 e. The van der Waals surface area contributed by atoms with Crippen molar-refractivity contribution in [2.24, 2.45) is 0 Å². The second-order valence-corrected chi connectivity index (χ2v) is 4.76. The maximum absolute atomic E-state index is 12.8. The van der Waals surface area contributed by atoms with E-state index in [9.17, 15) is 4.39 Å². The van der Waals surface area contributed by atoms with E-state index in [4.69, 9.17) is 11.6 Å². The summed E-state index contributed by atoms with van der Waals surface area (Å²) in [5, 5.41) is -0.157. The van der Waals surface area contributed by atoms with Gasteiger partial charge in [-0.3, -0.25) is 0 Å². The highest BCUT2D eigenvalue weighted by atomic mass is 35.5. The molecule has 2 aromatic rings. The van der Waals surface area contributed by atoms with Crippen LogP contribution in [0.3, 0.4) is 0 Å². The summed E-state index contributed by atoms with van der Waals surface area (Å²) in [6.45, 7) is 0.678. The fourth-order valence-corrected chi connectivity index (χ4v) is 2.16. The fraction of sp³-hybridized carbons (Fsp3) is 0.200. The van der Waals surface area contributed by atoms with Gasteiger partial charge in [0.15, 0.2) is 0 Å². The number of hydrogen-bond acceptors (Lipinski definition) is 1. The Bertz CT molecular complexity index is 484. The molecule has 94 valence electrons. The summed E-state index contributed by atoms with van der Waals surface area (Å²) < 4.78 is 12.8. The van der Waals surface area contributed by atoms with E-state index in [0.717, 1.165) is 11.3 Å². The summed E-state index contributed by atoms with van der Waals surface area (Å²) in [6.07, 6.45) is 0. The molecular formula is C15H15ClFN. The molecule has 3 heteroatoms. The Morgan fingerprint density at radius 2 is 1.67 bits per heavy atom. The molecule has 0 aromatic heterocycles. The summed E-state index contributed by atoms with van der Waals surface area (Å²) in [6, 6.07) is 16.4. The van der Waals surface area contributed by atoms with Gasteiger partial charge in [-0.15, -0.1) is 11.6 Å². The van der Waals surface area contributed by atoms with E-state index in [1.165, 1.54) is 12.1 Å². The number of likely N-dealkylation sites (N-methyl/N-ethyl adjacent to an activating group) is 1.